The summed E-state index contributed by atoms with van der Waals surface area (Å²) in [6.07, 6.45) is 1.06. The maximum Gasteiger partial charge on any atom is 0.223 e. The Labute approximate surface area is 85.8 Å². The fourth-order valence-corrected chi connectivity index (χ4v) is 1.65. The van der Waals surface area contributed by atoms with Gasteiger partial charge in [-0.3, -0.25) is 9.69 Å². The molecular weight excluding hydrogens is 180 g/mol. The van der Waals surface area contributed by atoms with Gasteiger partial charge in [0.15, 0.2) is 0 Å². The molecule has 1 saturated heterocycles. The first-order valence-corrected chi connectivity index (χ1v) is 5.06. The SMILES string of the molecule is [CH2]C(=O)N1CCN(CCCOC)CC1. The molecule has 14 heavy (non-hydrogen) atoms. The summed E-state index contributed by atoms with van der Waals surface area (Å²) in [4.78, 5) is 15.1. The molecule has 1 fully saturated rings. The molecule has 1 rings (SSSR count). The number of rotatable bonds is 4. The van der Waals surface area contributed by atoms with E-state index in [1.165, 1.54) is 0 Å². The van der Waals surface area contributed by atoms with Crippen LogP contribution in [0.4, 0.5) is 0 Å². The number of amides is 1. The monoisotopic (exact) mass is 199 g/mol. The number of ether oxygens (including phenoxy) is 1. The Hall–Kier alpha value is -0.610. The lowest BCUT2D eigenvalue weighted by atomic mass is 10.3. The molecule has 0 aromatic heterocycles. The van der Waals surface area contributed by atoms with Gasteiger partial charge in [0.05, 0.1) is 0 Å². The Bertz CT molecular complexity index is 177. The molecule has 1 aliphatic heterocycles. The van der Waals surface area contributed by atoms with Crippen LogP contribution in [0, 0.1) is 6.92 Å². The van der Waals surface area contributed by atoms with E-state index in [1.807, 2.05) is 0 Å². The molecule has 1 radical (unpaired) electrons. The number of nitrogens with zero attached hydrogens (tertiary/aromatic N) is 2. The highest BCUT2D eigenvalue weighted by Crippen LogP contribution is 2.02. The lowest BCUT2D eigenvalue weighted by Gasteiger charge is -2.34. The van der Waals surface area contributed by atoms with Crippen molar-refractivity contribution in [1.82, 2.24) is 9.80 Å². The van der Waals surface area contributed by atoms with Crippen LogP contribution in [0.2, 0.25) is 0 Å². The van der Waals surface area contributed by atoms with E-state index in [4.69, 9.17) is 4.74 Å². The maximum absolute atomic E-state index is 10.9. The lowest BCUT2D eigenvalue weighted by molar-refractivity contribution is -0.128. The van der Waals surface area contributed by atoms with Gasteiger partial charge in [-0.1, -0.05) is 0 Å². The van der Waals surface area contributed by atoms with Crippen LogP contribution in [-0.2, 0) is 9.53 Å². The highest BCUT2D eigenvalue weighted by Gasteiger charge is 2.17. The van der Waals surface area contributed by atoms with E-state index in [0.717, 1.165) is 45.8 Å². The van der Waals surface area contributed by atoms with Crippen LogP contribution in [0.15, 0.2) is 0 Å². The van der Waals surface area contributed by atoms with E-state index in [0.29, 0.717) is 0 Å². The molecule has 1 aliphatic rings. The molecule has 4 heteroatoms. The number of carbonyl (C=O) groups excluding carboxylic acids is 1. The first kappa shape index (κ1) is 11.5. The second-order valence-corrected chi connectivity index (χ2v) is 3.57. The first-order chi connectivity index (χ1) is 6.74. The molecule has 0 spiro atoms. The van der Waals surface area contributed by atoms with E-state index in [1.54, 1.807) is 12.0 Å². The third kappa shape index (κ3) is 3.64. The topological polar surface area (TPSA) is 32.8 Å². The Morgan fingerprint density at radius 2 is 2.00 bits per heavy atom. The van der Waals surface area contributed by atoms with Gasteiger partial charge in [-0.25, -0.2) is 0 Å². The number of hydrogen-bond donors (Lipinski definition) is 0. The summed E-state index contributed by atoms with van der Waals surface area (Å²) in [5.41, 5.74) is 0. The average molecular weight is 199 g/mol. The van der Waals surface area contributed by atoms with Crippen LogP contribution in [0.1, 0.15) is 6.42 Å². The Balaban J connectivity index is 2.12. The molecular formula is C10H19N2O2. The summed E-state index contributed by atoms with van der Waals surface area (Å²) >= 11 is 0. The smallest absolute Gasteiger partial charge is 0.223 e. The van der Waals surface area contributed by atoms with E-state index in [2.05, 4.69) is 11.8 Å². The second-order valence-electron chi connectivity index (χ2n) is 3.57. The van der Waals surface area contributed by atoms with Crippen molar-refractivity contribution in [2.45, 2.75) is 6.42 Å². The van der Waals surface area contributed by atoms with Gasteiger partial charge in [-0.2, -0.15) is 0 Å². The van der Waals surface area contributed by atoms with Gasteiger partial charge in [-0.05, 0) is 6.42 Å². The molecule has 4 nitrogen and oxygen atoms in total. The number of piperazine rings is 1. The van der Waals surface area contributed by atoms with Crippen molar-refractivity contribution in [2.24, 2.45) is 0 Å². The number of methoxy groups -OCH3 is 1. The van der Waals surface area contributed by atoms with Crippen molar-refractivity contribution in [3.63, 3.8) is 0 Å². The zero-order valence-electron chi connectivity index (χ0n) is 8.87. The van der Waals surface area contributed by atoms with Crippen LogP contribution in [-0.4, -0.2) is 62.1 Å². The zero-order valence-corrected chi connectivity index (χ0v) is 8.87. The van der Waals surface area contributed by atoms with Crippen LogP contribution < -0.4 is 0 Å². The largest absolute Gasteiger partial charge is 0.385 e. The van der Waals surface area contributed by atoms with Crippen molar-refractivity contribution < 1.29 is 9.53 Å². The number of hydrogen-bond acceptors (Lipinski definition) is 3. The van der Waals surface area contributed by atoms with E-state index in [9.17, 15) is 4.79 Å². The van der Waals surface area contributed by atoms with Gasteiger partial charge >= 0.3 is 0 Å². The minimum absolute atomic E-state index is 0.0541. The van der Waals surface area contributed by atoms with Crippen LogP contribution in [0.5, 0.6) is 0 Å². The normalized spacial score (nSPS) is 18.6. The number of carbonyl (C=O) groups is 1. The molecule has 1 heterocycles. The fraction of sp³-hybridized carbons (Fsp3) is 0.800. The van der Waals surface area contributed by atoms with Gasteiger partial charge < -0.3 is 9.64 Å². The van der Waals surface area contributed by atoms with Crippen molar-refractivity contribution in [3.05, 3.63) is 6.92 Å². The summed E-state index contributed by atoms with van der Waals surface area (Å²) in [6.45, 7) is 8.84. The van der Waals surface area contributed by atoms with E-state index in [-0.39, 0.29) is 5.91 Å². The predicted octanol–water partition coefficient (Wildman–Crippen LogP) is 0.00119. The van der Waals surface area contributed by atoms with Gasteiger partial charge in [0.1, 0.15) is 0 Å². The maximum atomic E-state index is 10.9. The minimum Gasteiger partial charge on any atom is -0.385 e. The molecule has 1 amide bonds. The molecule has 81 valence electrons. The van der Waals surface area contributed by atoms with Crippen molar-refractivity contribution in [1.29, 1.82) is 0 Å². The first-order valence-electron chi connectivity index (χ1n) is 5.06. The highest BCUT2D eigenvalue weighted by atomic mass is 16.5. The van der Waals surface area contributed by atoms with Crippen molar-refractivity contribution in [3.8, 4) is 0 Å². The Morgan fingerprint density at radius 3 is 2.50 bits per heavy atom. The summed E-state index contributed by atoms with van der Waals surface area (Å²) < 4.78 is 4.99. The molecule has 0 aromatic rings. The summed E-state index contributed by atoms with van der Waals surface area (Å²) in [7, 11) is 1.72. The fourth-order valence-electron chi connectivity index (χ4n) is 1.65. The van der Waals surface area contributed by atoms with Crippen LogP contribution >= 0.6 is 0 Å². The van der Waals surface area contributed by atoms with Gasteiger partial charge in [0.2, 0.25) is 5.91 Å². The molecule has 0 aromatic carbocycles. The molecule has 0 N–H and O–H groups in total. The highest BCUT2D eigenvalue weighted by molar-refractivity contribution is 5.80. The van der Waals surface area contributed by atoms with E-state index >= 15 is 0 Å². The van der Waals surface area contributed by atoms with Crippen molar-refractivity contribution >= 4 is 5.91 Å². The molecule has 0 saturated carbocycles. The third-order valence-electron chi connectivity index (χ3n) is 2.55. The molecule has 0 unspecified atom stereocenters. The van der Waals surface area contributed by atoms with Gasteiger partial charge in [0, 0.05) is 53.4 Å². The third-order valence-corrected chi connectivity index (χ3v) is 2.55. The second kappa shape index (κ2) is 5.98. The molecule has 0 aliphatic carbocycles. The van der Waals surface area contributed by atoms with Crippen LogP contribution in [0.25, 0.3) is 0 Å². The summed E-state index contributed by atoms with van der Waals surface area (Å²) in [5.74, 6) is -0.0541. The van der Waals surface area contributed by atoms with E-state index < -0.39 is 0 Å². The minimum atomic E-state index is -0.0541. The lowest BCUT2D eigenvalue weighted by Crippen LogP contribution is -2.48. The zero-order chi connectivity index (χ0) is 10.4. The Kier molecular flexibility index (Phi) is 4.90. The standard InChI is InChI=1S/C10H19N2O2/c1-10(13)12-7-5-11(6-8-12)4-3-9-14-2/h1,3-9H2,2H3. The molecule has 0 bridgehead atoms. The van der Waals surface area contributed by atoms with Crippen LogP contribution in [0.3, 0.4) is 0 Å². The predicted molar refractivity (Wildman–Crippen MR) is 54.9 cm³/mol. The van der Waals surface area contributed by atoms with Gasteiger partial charge in [-0.15, -0.1) is 0 Å². The Morgan fingerprint density at radius 1 is 1.36 bits per heavy atom. The van der Waals surface area contributed by atoms with Crippen molar-refractivity contribution in [2.75, 3.05) is 46.4 Å². The summed E-state index contributed by atoms with van der Waals surface area (Å²) in [5, 5.41) is 0. The summed E-state index contributed by atoms with van der Waals surface area (Å²) in [6, 6.07) is 0. The quantitative estimate of drug-likeness (QED) is 0.598. The average Bonchev–Trinajstić information content (AvgIpc) is 2.19. The van der Waals surface area contributed by atoms with Gasteiger partial charge in [0.25, 0.3) is 0 Å². The molecule has 0 atom stereocenters.